The monoisotopic (exact) mass is 372 g/mol. The van der Waals surface area contributed by atoms with Crippen LogP contribution in [0, 0.1) is 5.41 Å². The molecule has 0 nitrogen and oxygen atoms in total. The smallest absolute Gasteiger partial charge is 0 e. The van der Waals surface area contributed by atoms with Gasteiger partial charge in [-0.15, -0.1) is 0 Å². The standard InChI is InChI=1S/C12H18.C8H12.Ru/c1-10(12(2,3)4)11-8-6-5-7-9-11;1-2-4-6-8-7-5-3-1;/h5-10H,1-4H3;1-2,7-8H,3-6H2;/b;2-1-,8-7-;. The Labute approximate surface area is 144 Å². The second-order valence-corrected chi connectivity index (χ2v) is 6.60. The Morgan fingerprint density at radius 1 is 0.762 bits per heavy atom. The Morgan fingerprint density at radius 3 is 1.48 bits per heavy atom. The number of rotatable bonds is 1. The van der Waals surface area contributed by atoms with E-state index in [-0.39, 0.29) is 19.5 Å². The molecular weight excluding hydrogens is 341 g/mol. The van der Waals surface area contributed by atoms with Crippen LogP contribution in [0.5, 0.6) is 0 Å². The van der Waals surface area contributed by atoms with Crippen LogP contribution in [0.4, 0.5) is 0 Å². The molecule has 0 saturated heterocycles. The zero-order chi connectivity index (χ0) is 14.8. The first kappa shape index (κ1) is 20.3. The average Bonchev–Trinajstić information content (AvgIpc) is 2.38. The molecule has 0 saturated carbocycles. The van der Waals surface area contributed by atoms with E-state index in [0.717, 1.165) is 0 Å². The summed E-state index contributed by atoms with van der Waals surface area (Å²) in [6.07, 6.45) is 14.0. The molecule has 2 rings (SSSR count). The van der Waals surface area contributed by atoms with E-state index in [2.05, 4.69) is 82.3 Å². The number of hydrogen-bond acceptors (Lipinski definition) is 0. The van der Waals surface area contributed by atoms with Gasteiger partial charge in [0.15, 0.2) is 0 Å². The van der Waals surface area contributed by atoms with Crippen molar-refractivity contribution in [2.75, 3.05) is 0 Å². The normalized spacial score (nSPS) is 18.9. The number of hydrogen-bond donors (Lipinski definition) is 0. The van der Waals surface area contributed by atoms with E-state index in [9.17, 15) is 0 Å². The fourth-order valence-electron chi connectivity index (χ4n) is 2.10. The summed E-state index contributed by atoms with van der Waals surface area (Å²) in [4.78, 5) is 0. The minimum atomic E-state index is 0. The van der Waals surface area contributed by atoms with Crippen molar-refractivity contribution in [1.82, 2.24) is 0 Å². The predicted molar refractivity (Wildman–Crippen MR) is 91.1 cm³/mol. The summed E-state index contributed by atoms with van der Waals surface area (Å²) >= 11 is 0. The predicted octanol–water partition coefficient (Wildman–Crippen LogP) is 6.51. The summed E-state index contributed by atoms with van der Waals surface area (Å²) in [6, 6.07) is 10.7. The maximum atomic E-state index is 2.29. The van der Waals surface area contributed by atoms with Crippen LogP contribution in [0.15, 0.2) is 54.6 Å². The van der Waals surface area contributed by atoms with E-state index < -0.39 is 0 Å². The van der Waals surface area contributed by atoms with Gasteiger partial charge in [0.2, 0.25) is 0 Å². The van der Waals surface area contributed by atoms with Crippen LogP contribution in [0.3, 0.4) is 0 Å². The Hall–Kier alpha value is -0.677. The molecule has 0 spiro atoms. The van der Waals surface area contributed by atoms with Crippen molar-refractivity contribution in [2.24, 2.45) is 5.41 Å². The molecule has 118 valence electrons. The average molecular weight is 372 g/mol. The van der Waals surface area contributed by atoms with Gasteiger partial charge in [0.25, 0.3) is 0 Å². The van der Waals surface area contributed by atoms with Gasteiger partial charge in [-0.05, 0) is 42.6 Å². The van der Waals surface area contributed by atoms with Crippen LogP contribution in [0.25, 0.3) is 0 Å². The number of benzene rings is 1. The first-order valence-corrected chi connectivity index (χ1v) is 7.87. The van der Waals surface area contributed by atoms with Gasteiger partial charge in [-0.3, -0.25) is 0 Å². The largest absolute Gasteiger partial charge is 0.0882 e. The van der Waals surface area contributed by atoms with Crippen molar-refractivity contribution in [3.63, 3.8) is 0 Å². The van der Waals surface area contributed by atoms with Gasteiger partial charge in [0.05, 0.1) is 0 Å². The van der Waals surface area contributed by atoms with Crippen LogP contribution < -0.4 is 0 Å². The van der Waals surface area contributed by atoms with E-state index in [1.807, 2.05) is 0 Å². The van der Waals surface area contributed by atoms with E-state index in [1.54, 1.807) is 0 Å². The van der Waals surface area contributed by atoms with Crippen molar-refractivity contribution in [3.8, 4) is 0 Å². The van der Waals surface area contributed by atoms with Crippen LogP contribution in [0.1, 0.15) is 64.9 Å². The molecule has 0 N–H and O–H groups in total. The van der Waals surface area contributed by atoms with Crippen LogP contribution in [0.2, 0.25) is 0 Å². The summed E-state index contributed by atoms with van der Waals surface area (Å²) < 4.78 is 0. The second-order valence-electron chi connectivity index (χ2n) is 6.60. The first-order chi connectivity index (χ1) is 9.52. The summed E-state index contributed by atoms with van der Waals surface area (Å²) in [5.74, 6) is 0.624. The van der Waals surface area contributed by atoms with E-state index in [0.29, 0.717) is 11.3 Å². The SMILES string of the molecule is C1=C\CC/C=C\CC/1.CC(c1ccccc1)C(C)(C)C.[Ru]. The molecule has 1 aliphatic rings. The Morgan fingerprint density at radius 2 is 1.14 bits per heavy atom. The van der Waals surface area contributed by atoms with Gasteiger partial charge >= 0.3 is 0 Å². The van der Waals surface area contributed by atoms with Gasteiger partial charge in [-0.25, -0.2) is 0 Å². The molecule has 21 heavy (non-hydrogen) atoms. The molecule has 0 bridgehead atoms. The quantitative estimate of drug-likeness (QED) is 0.390. The third kappa shape index (κ3) is 9.04. The van der Waals surface area contributed by atoms with Crippen LogP contribution in [-0.4, -0.2) is 0 Å². The Balaban J connectivity index is 0.000000390. The maximum Gasteiger partial charge on any atom is 0 e. The third-order valence-corrected chi connectivity index (χ3v) is 3.93. The van der Waals surface area contributed by atoms with E-state index >= 15 is 0 Å². The number of allylic oxidation sites excluding steroid dienone is 4. The second kappa shape index (κ2) is 11.0. The van der Waals surface area contributed by atoms with Crippen molar-refractivity contribution in [2.45, 2.75) is 59.3 Å². The van der Waals surface area contributed by atoms with Gasteiger partial charge in [-0.1, -0.05) is 82.3 Å². The van der Waals surface area contributed by atoms with Crippen molar-refractivity contribution < 1.29 is 19.5 Å². The molecule has 0 heterocycles. The third-order valence-electron chi connectivity index (χ3n) is 3.93. The van der Waals surface area contributed by atoms with Crippen molar-refractivity contribution in [1.29, 1.82) is 0 Å². The molecule has 1 aromatic carbocycles. The van der Waals surface area contributed by atoms with Crippen molar-refractivity contribution >= 4 is 0 Å². The molecule has 1 unspecified atom stereocenters. The maximum absolute atomic E-state index is 2.29. The van der Waals surface area contributed by atoms with E-state index in [1.165, 1.54) is 31.2 Å². The Bertz CT molecular complexity index is 383. The summed E-state index contributed by atoms with van der Waals surface area (Å²) in [5.41, 5.74) is 1.80. The van der Waals surface area contributed by atoms with Gasteiger partial charge in [-0.2, -0.15) is 0 Å². The van der Waals surface area contributed by atoms with Crippen LogP contribution in [-0.2, 0) is 19.5 Å². The van der Waals surface area contributed by atoms with Gasteiger partial charge < -0.3 is 0 Å². The molecule has 0 aromatic heterocycles. The molecule has 1 heteroatoms. The van der Waals surface area contributed by atoms with Crippen molar-refractivity contribution in [3.05, 3.63) is 60.2 Å². The van der Waals surface area contributed by atoms with Crippen LogP contribution >= 0.6 is 0 Å². The molecule has 0 fully saturated rings. The Kier molecular flexibility index (Phi) is 10.6. The zero-order valence-electron chi connectivity index (χ0n) is 14.0. The summed E-state index contributed by atoms with van der Waals surface area (Å²) in [7, 11) is 0. The first-order valence-electron chi connectivity index (χ1n) is 7.87. The van der Waals surface area contributed by atoms with E-state index in [4.69, 9.17) is 0 Å². The van der Waals surface area contributed by atoms with Gasteiger partial charge in [0.1, 0.15) is 0 Å². The molecule has 0 radical (unpaired) electrons. The van der Waals surface area contributed by atoms with Gasteiger partial charge in [0, 0.05) is 19.5 Å². The summed E-state index contributed by atoms with van der Waals surface area (Å²) in [5, 5.41) is 0. The molecule has 0 aliphatic heterocycles. The summed E-state index contributed by atoms with van der Waals surface area (Å²) in [6.45, 7) is 9.13. The molecule has 1 aliphatic carbocycles. The fourth-order valence-corrected chi connectivity index (χ4v) is 2.10. The fraction of sp³-hybridized carbons (Fsp3) is 0.500. The molecular formula is C20H30Ru. The molecule has 1 aromatic rings. The molecule has 0 amide bonds. The zero-order valence-corrected chi connectivity index (χ0v) is 15.7. The topological polar surface area (TPSA) is 0 Å². The minimum Gasteiger partial charge on any atom is -0.0882 e. The molecule has 1 atom stereocenters. The minimum absolute atomic E-state index is 0.